The van der Waals surface area contributed by atoms with E-state index in [9.17, 15) is 4.79 Å². The second-order valence-electron chi connectivity index (χ2n) is 6.44. The molecule has 4 atom stereocenters. The molecule has 8 heteroatoms. The van der Waals surface area contributed by atoms with E-state index in [1.54, 1.807) is 20.4 Å². The number of rotatable bonds is 3. The van der Waals surface area contributed by atoms with Gasteiger partial charge < -0.3 is 14.6 Å². The minimum atomic E-state index is -0.266. The van der Waals surface area contributed by atoms with E-state index >= 15 is 0 Å². The number of aryl methyl sites for hydroxylation is 1. The SMILES string of the molecule is CC[C@]12CN(OC)[C@H]([C@H](n3cnc4c(=O)[nH]c(C)nc43)O1)[C@H]2C. The Hall–Kier alpha value is -1.77. The average Bonchev–Trinajstić information content (AvgIpc) is 3.15. The molecule has 8 nitrogen and oxygen atoms in total. The number of imidazole rings is 1. The van der Waals surface area contributed by atoms with Crippen molar-refractivity contribution < 1.29 is 9.57 Å². The van der Waals surface area contributed by atoms with Crippen molar-refractivity contribution in [3.63, 3.8) is 0 Å². The quantitative estimate of drug-likeness (QED) is 0.908. The second-order valence-corrected chi connectivity index (χ2v) is 6.44. The van der Waals surface area contributed by atoms with E-state index in [4.69, 9.17) is 9.57 Å². The van der Waals surface area contributed by atoms with Gasteiger partial charge in [-0.05, 0) is 13.3 Å². The summed E-state index contributed by atoms with van der Waals surface area (Å²) < 4.78 is 8.29. The standard InChI is InChI=1S/C15H21N5O3/c1-5-15-6-20(22-4)11(8(15)2)14(23-15)19-7-16-10-12(19)17-9(3)18-13(10)21/h7-8,11,14H,5-6H2,1-4H3,(H,17,18,21)/t8-,11+,14-,15-/m1/s1. The van der Waals surface area contributed by atoms with Gasteiger partial charge in [-0.2, -0.15) is 5.06 Å². The molecule has 2 fully saturated rings. The minimum Gasteiger partial charge on any atom is -0.348 e. The third-order valence-electron chi connectivity index (χ3n) is 5.40. The Morgan fingerprint density at radius 2 is 2.35 bits per heavy atom. The van der Waals surface area contributed by atoms with Crippen LogP contribution < -0.4 is 5.56 Å². The van der Waals surface area contributed by atoms with Gasteiger partial charge in [-0.25, -0.2) is 9.97 Å². The lowest BCUT2D eigenvalue weighted by Gasteiger charge is -2.36. The first-order valence-corrected chi connectivity index (χ1v) is 7.93. The summed E-state index contributed by atoms with van der Waals surface area (Å²) in [7, 11) is 1.69. The molecule has 0 amide bonds. The Bertz CT molecular complexity index is 815. The Kier molecular flexibility index (Phi) is 3.13. The van der Waals surface area contributed by atoms with Crippen molar-refractivity contribution in [2.24, 2.45) is 5.92 Å². The number of nitrogens with one attached hydrogen (secondary N) is 1. The number of hydrogen-bond acceptors (Lipinski definition) is 6. The summed E-state index contributed by atoms with van der Waals surface area (Å²) in [4.78, 5) is 29.0. The molecule has 0 aliphatic carbocycles. The first-order chi connectivity index (χ1) is 11.0. The highest BCUT2D eigenvalue weighted by Gasteiger charge is 2.62. The summed E-state index contributed by atoms with van der Waals surface area (Å²) in [6, 6.07) is 0.0683. The van der Waals surface area contributed by atoms with Gasteiger partial charge in [-0.3, -0.25) is 9.36 Å². The van der Waals surface area contributed by atoms with Crippen molar-refractivity contribution in [2.45, 2.75) is 45.1 Å². The number of H-pyrrole nitrogens is 1. The zero-order chi connectivity index (χ0) is 16.4. The topological polar surface area (TPSA) is 85.3 Å². The molecule has 23 heavy (non-hydrogen) atoms. The van der Waals surface area contributed by atoms with Crippen LogP contribution in [0.5, 0.6) is 0 Å². The van der Waals surface area contributed by atoms with E-state index in [0.717, 1.165) is 13.0 Å². The van der Waals surface area contributed by atoms with Gasteiger partial charge in [0, 0.05) is 5.92 Å². The summed E-state index contributed by atoms with van der Waals surface area (Å²) in [5, 5.41) is 1.98. The normalized spacial score (nSPS) is 33.8. The molecule has 0 spiro atoms. The Morgan fingerprint density at radius 1 is 1.57 bits per heavy atom. The van der Waals surface area contributed by atoms with E-state index in [1.165, 1.54) is 0 Å². The molecule has 4 rings (SSSR count). The third-order valence-corrected chi connectivity index (χ3v) is 5.40. The predicted octanol–water partition coefficient (Wildman–Crippen LogP) is 0.987. The van der Waals surface area contributed by atoms with E-state index in [2.05, 4.69) is 28.8 Å². The summed E-state index contributed by atoms with van der Waals surface area (Å²) in [5.74, 6) is 0.882. The van der Waals surface area contributed by atoms with Gasteiger partial charge >= 0.3 is 0 Å². The maximum absolute atomic E-state index is 12.0. The van der Waals surface area contributed by atoms with Crippen LogP contribution in [0.1, 0.15) is 32.3 Å². The van der Waals surface area contributed by atoms with Crippen molar-refractivity contribution in [3.05, 3.63) is 22.5 Å². The fourth-order valence-corrected chi connectivity index (χ4v) is 4.06. The molecular weight excluding hydrogens is 298 g/mol. The van der Waals surface area contributed by atoms with Crippen molar-refractivity contribution in [1.82, 2.24) is 24.6 Å². The maximum Gasteiger partial charge on any atom is 0.279 e. The zero-order valence-electron chi connectivity index (χ0n) is 13.7. The first kappa shape index (κ1) is 14.8. The second kappa shape index (κ2) is 4.86. The number of hydrogen-bond donors (Lipinski definition) is 1. The lowest BCUT2D eigenvalue weighted by atomic mass is 9.88. The summed E-state index contributed by atoms with van der Waals surface area (Å²) in [6.45, 7) is 6.84. The van der Waals surface area contributed by atoms with Gasteiger partial charge in [0.15, 0.2) is 17.4 Å². The molecule has 2 aliphatic heterocycles. The van der Waals surface area contributed by atoms with Gasteiger partial charge in [0.1, 0.15) is 5.82 Å². The monoisotopic (exact) mass is 319 g/mol. The van der Waals surface area contributed by atoms with Crippen molar-refractivity contribution >= 4 is 11.2 Å². The van der Waals surface area contributed by atoms with Crippen LogP contribution in [0, 0.1) is 12.8 Å². The molecular formula is C15H21N5O3. The highest BCUT2D eigenvalue weighted by molar-refractivity contribution is 5.69. The van der Waals surface area contributed by atoms with E-state index < -0.39 is 0 Å². The van der Waals surface area contributed by atoms with Crippen LogP contribution in [0.25, 0.3) is 11.2 Å². The number of morpholine rings is 1. The molecule has 2 saturated heterocycles. The zero-order valence-corrected chi connectivity index (χ0v) is 13.7. The molecule has 124 valence electrons. The number of nitrogens with zero attached hydrogens (tertiary/aromatic N) is 4. The molecule has 2 aromatic rings. The number of aromatic nitrogens is 4. The molecule has 2 aromatic heterocycles. The molecule has 4 heterocycles. The average molecular weight is 319 g/mol. The fraction of sp³-hybridized carbons (Fsp3) is 0.667. The lowest BCUT2D eigenvalue weighted by molar-refractivity contribution is -0.234. The van der Waals surface area contributed by atoms with Gasteiger partial charge in [0.05, 0.1) is 31.6 Å². The molecule has 2 bridgehead atoms. The molecule has 0 unspecified atom stereocenters. The maximum atomic E-state index is 12.0. The Balaban J connectivity index is 1.84. The predicted molar refractivity (Wildman–Crippen MR) is 82.7 cm³/mol. The van der Waals surface area contributed by atoms with Gasteiger partial charge in [-0.15, -0.1) is 0 Å². The largest absolute Gasteiger partial charge is 0.348 e. The van der Waals surface area contributed by atoms with Gasteiger partial charge in [-0.1, -0.05) is 13.8 Å². The highest BCUT2D eigenvalue weighted by Crippen LogP contribution is 2.52. The smallest absolute Gasteiger partial charge is 0.279 e. The summed E-state index contributed by atoms with van der Waals surface area (Å²) in [5.41, 5.74) is 0.428. The van der Waals surface area contributed by atoms with Crippen molar-refractivity contribution in [3.8, 4) is 0 Å². The number of aromatic amines is 1. The minimum absolute atomic E-state index is 0.0683. The van der Waals surface area contributed by atoms with Crippen molar-refractivity contribution in [1.29, 1.82) is 0 Å². The lowest BCUT2D eigenvalue weighted by Crippen LogP contribution is -2.44. The molecule has 0 saturated carbocycles. The molecule has 2 aliphatic rings. The third kappa shape index (κ3) is 1.85. The summed E-state index contributed by atoms with van der Waals surface area (Å²) >= 11 is 0. The van der Waals surface area contributed by atoms with Crippen LogP contribution in [0.4, 0.5) is 0 Å². The van der Waals surface area contributed by atoms with E-state index in [1.807, 2.05) is 9.63 Å². The molecule has 1 N–H and O–H groups in total. The molecule has 0 aromatic carbocycles. The first-order valence-electron chi connectivity index (χ1n) is 7.93. The number of fused-ring (bicyclic) bond motifs is 3. The highest BCUT2D eigenvalue weighted by atomic mass is 16.7. The van der Waals surface area contributed by atoms with Crippen molar-refractivity contribution in [2.75, 3.05) is 13.7 Å². The van der Waals surface area contributed by atoms with Gasteiger partial charge in [0.2, 0.25) is 0 Å². The Labute approximate surface area is 133 Å². The van der Waals surface area contributed by atoms with Crippen LogP contribution in [0.2, 0.25) is 0 Å². The van der Waals surface area contributed by atoms with E-state index in [-0.39, 0.29) is 23.4 Å². The van der Waals surface area contributed by atoms with Crippen LogP contribution >= 0.6 is 0 Å². The van der Waals surface area contributed by atoms with Crippen LogP contribution in [-0.2, 0) is 9.57 Å². The van der Waals surface area contributed by atoms with E-state index in [0.29, 0.717) is 22.9 Å². The van der Waals surface area contributed by atoms with Crippen LogP contribution in [-0.4, -0.2) is 49.9 Å². The molecule has 0 radical (unpaired) electrons. The summed E-state index contributed by atoms with van der Waals surface area (Å²) in [6.07, 6.45) is 2.28. The fourth-order valence-electron chi connectivity index (χ4n) is 4.06. The Morgan fingerprint density at radius 3 is 3.00 bits per heavy atom. The number of ether oxygens (including phenoxy) is 1. The van der Waals surface area contributed by atoms with Gasteiger partial charge in [0.25, 0.3) is 5.56 Å². The van der Waals surface area contributed by atoms with Crippen LogP contribution in [0.3, 0.4) is 0 Å². The van der Waals surface area contributed by atoms with Crippen LogP contribution in [0.15, 0.2) is 11.1 Å². The number of hydroxylamine groups is 2.